The van der Waals surface area contributed by atoms with Gasteiger partial charge < -0.3 is 10.1 Å². The Balaban J connectivity index is 2.12. The van der Waals surface area contributed by atoms with Gasteiger partial charge in [0, 0.05) is 36.4 Å². The number of carboxylic acid groups (broad SMARTS) is 1. The van der Waals surface area contributed by atoms with Crippen LogP contribution in [-0.4, -0.2) is 35.6 Å². The Hall–Kier alpha value is -2.70. The van der Waals surface area contributed by atoms with Crippen LogP contribution in [-0.2, 0) is 4.79 Å². The van der Waals surface area contributed by atoms with Crippen LogP contribution in [0.2, 0.25) is 0 Å². The minimum Gasteiger partial charge on any atom is -0.480 e. The van der Waals surface area contributed by atoms with E-state index in [1.165, 1.54) is 16.9 Å². The van der Waals surface area contributed by atoms with Gasteiger partial charge in [0.25, 0.3) is 0 Å². The van der Waals surface area contributed by atoms with E-state index in [9.17, 15) is 9.90 Å². The molecule has 3 aromatic rings. The van der Waals surface area contributed by atoms with Crippen molar-refractivity contribution in [3.05, 3.63) is 48.4 Å². The third kappa shape index (κ3) is 1.61. The Morgan fingerprint density at radius 3 is 3.00 bits per heavy atom. The van der Waals surface area contributed by atoms with E-state index >= 15 is 0 Å². The summed E-state index contributed by atoms with van der Waals surface area (Å²) >= 11 is 0. The van der Waals surface area contributed by atoms with Crippen LogP contribution in [0.1, 0.15) is 17.3 Å². The predicted molar refractivity (Wildman–Crippen MR) is 61.1 cm³/mol. The minimum atomic E-state index is -0.988. The second kappa shape index (κ2) is 3.95. The number of aromatic amines is 1. The van der Waals surface area contributed by atoms with E-state index in [1.54, 1.807) is 24.7 Å². The Morgan fingerprint density at radius 2 is 2.28 bits per heavy atom. The van der Waals surface area contributed by atoms with E-state index in [0.29, 0.717) is 17.0 Å². The normalized spacial score (nSPS) is 12.7. The molecule has 0 aliphatic carbocycles. The average molecular weight is 243 g/mol. The van der Waals surface area contributed by atoms with E-state index in [1.807, 2.05) is 0 Å². The Morgan fingerprint density at radius 1 is 1.39 bits per heavy atom. The van der Waals surface area contributed by atoms with Crippen LogP contribution in [0.5, 0.6) is 0 Å². The molecule has 7 nitrogen and oxygen atoms in total. The molecule has 1 unspecified atom stereocenters. The van der Waals surface area contributed by atoms with Gasteiger partial charge in [0.15, 0.2) is 5.65 Å². The molecule has 0 fully saturated rings. The first kappa shape index (κ1) is 10.5. The molecule has 0 amide bonds. The topological polar surface area (TPSA) is 96.2 Å². The zero-order valence-corrected chi connectivity index (χ0v) is 9.19. The lowest BCUT2D eigenvalue weighted by molar-refractivity contribution is -0.137. The number of nitrogens with one attached hydrogen (secondary N) is 1. The number of hydrogen-bond acceptors (Lipinski definition) is 4. The van der Waals surface area contributed by atoms with Gasteiger partial charge in [0.2, 0.25) is 0 Å². The molecule has 3 rings (SSSR count). The fraction of sp³-hybridized carbons (Fsp3) is 0.0909. The number of H-pyrrole nitrogens is 1. The van der Waals surface area contributed by atoms with E-state index in [-0.39, 0.29) is 0 Å². The third-order valence-corrected chi connectivity index (χ3v) is 2.64. The van der Waals surface area contributed by atoms with Crippen molar-refractivity contribution in [2.75, 3.05) is 0 Å². The first-order valence-corrected chi connectivity index (χ1v) is 5.27. The van der Waals surface area contributed by atoms with Crippen LogP contribution < -0.4 is 0 Å². The van der Waals surface area contributed by atoms with Crippen molar-refractivity contribution in [2.24, 2.45) is 0 Å². The second-order valence-corrected chi connectivity index (χ2v) is 3.77. The van der Waals surface area contributed by atoms with Gasteiger partial charge in [-0.2, -0.15) is 5.10 Å². The van der Waals surface area contributed by atoms with Gasteiger partial charge in [-0.25, -0.2) is 14.5 Å². The van der Waals surface area contributed by atoms with Crippen LogP contribution >= 0.6 is 0 Å². The lowest BCUT2D eigenvalue weighted by Gasteiger charge is -2.09. The quantitative estimate of drug-likeness (QED) is 0.704. The highest BCUT2D eigenvalue weighted by Crippen LogP contribution is 2.21. The smallest absolute Gasteiger partial charge is 0.318 e. The summed E-state index contributed by atoms with van der Waals surface area (Å²) in [5.74, 6) is -1.49. The van der Waals surface area contributed by atoms with Gasteiger partial charge in [-0.15, -0.1) is 0 Å². The highest BCUT2D eigenvalue weighted by molar-refractivity contribution is 5.79. The van der Waals surface area contributed by atoms with E-state index < -0.39 is 11.9 Å². The molecule has 0 aromatic carbocycles. The molecule has 0 aliphatic rings. The van der Waals surface area contributed by atoms with E-state index in [2.05, 4.69) is 20.1 Å². The van der Waals surface area contributed by atoms with Crippen molar-refractivity contribution >= 4 is 11.6 Å². The number of nitrogens with zero attached hydrogens (tertiary/aromatic N) is 4. The van der Waals surface area contributed by atoms with Crippen LogP contribution in [0.15, 0.2) is 37.1 Å². The molecule has 18 heavy (non-hydrogen) atoms. The Labute approximate surface area is 101 Å². The summed E-state index contributed by atoms with van der Waals surface area (Å²) in [6, 6.07) is 1.74. The Kier molecular flexibility index (Phi) is 2.30. The summed E-state index contributed by atoms with van der Waals surface area (Å²) < 4.78 is 1.54. The maximum absolute atomic E-state index is 11.4. The first-order valence-electron chi connectivity index (χ1n) is 5.27. The number of aromatic nitrogens is 5. The summed E-state index contributed by atoms with van der Waals surface area (Å²) in [4.78, 5) is 22.3. The van der Waals surface area contributed by atoms with Crippen LogP contribution in [0.4, 0.5) is 0 Å². The molecule has 3 heterocycles. The lowest BCUT2D eigenvalue weighted by Crippen LogP contribution is -2.15. The van der Waals surface area contributed by atoms with E-state index in [4.69, 9.17) is 0 Å². The fourth-order valence-electron chi connectivity index (χ4n) is 1.83. The number of carboxylic acids is 1. The lowest BCUT2D eigenvalue weighted by atomic mass is 10.0. The highest BCUT2D eigenvalue weighted by atomic mass is 16.4. The van der Waals surface area contributed by atoms with Crippen molar-refractivity contribution in [2.45, 2.75) is 5.92 Å². The molecule has 0 aliphatic heterocycles. The highest BCUT2D eigenvalue weighted by Gasteiger charge is 2.25. The van der Waals surface area contributed by atoms with Crippen molar-refractivity contribution in [1.29, 1.82) is 0 Å². The molecule has 2 N–H and O–H groups in total. The second-order valence-electron chi connectivity index (χ2n) is 3.77. The van der Waals surface area contributed by atoms with Gasteiger partial charge in [-0.3, -0.25) is 4.79 Å². The van der Waals surface area contributed by atoms with Crippen LogP contribution in [0.3, 0.4) is 0 Å². The molecular formula is C11H9N5O2. The number of rotatable bonds is 3. The average Bonchev–Trinajstić information content (AvgIpc) is 2.98. The number of fused-ring (bicyclic) bond motifs is 1. The van der Waals surface area contributed by atoms with Crippen molar-refractivity contribution in [3.63, 3.8) is 0 Å². The van der Waals surface area contributed by atoms with Gasteiger partial charge in [0.05, 0.1) is 6.20 Å². The zero-order chi connectivity index (χ0) is 12.5. The SMILES string of the molecule is O=C(O)C(c1cnc2ccnn2c1)c1ncc[nH]1. The van der Waals surface area contributed by atoms with Crippen molar-refractivity contribution in [3.8, 4) is 0 Å². The standard InChI is InChI=1S/C11H9N5O2/c17-11(18)9(10-12-3-4-13-10)7-5-14-8-1-2-15-16(8)6-7/h1-6,9H,(H,12,13)(H,17,18). The van der Waals surface area contributed by atoms with Gasteiger partial charge in [-0.1, -0.05) is 0 Å². The number of imidazole rings is 1. The molecule has 3 aromatic heterocycles. The summed E-state index contributed by atoms with van der Waals surface area (Å²) in [5, 5.41) is 13.3. The molecule has 0 saturated carbocycles. The zero-order valence-electron chi connectivity index (χ0n) is 9.19. The van der Waals surface area contributed by atoms with Gasteiger partial charge in [-0.05, 0) is 0 Å². The van der Waals surface area contributed by atoms with E-state index in [0.717, 1.165) is 0 Å². The minimum absolute atomic E-state index is 0.371. The molecule has 7 heteroatoms. The summed E-state index contributed by atoms with van der Waals surface area (Å²) in [6.45, 7) is 0. The molecule has 0 saturated heterocycles. The molecule has 0 bridgehead atoms. The largest absolute Gasteiger partial charge is 0.480 e. The Bertz CT molecular complexity index is 688. The molecule has 0 spiro atoms. The van der Waals surface area contributed by atoms with Crippen LogP contribution in [0.25, 0.3) is 5.65 Å². The number of aliphatic carboxylic acids is 1. The fourth-order valence-corrected chi connectivity index (χ4v) is 1.83. The summed E-state index contributed by atoms with van der Waals surface area (Å²) in [6.07, 6.45) is 7.88. The maximum atomic E-state index is 11.4. The summed E-state index contributed by atoms with van der Waals surface area (Å²) in [7, 11) is 0. The molecule has 1 atom stereocenters. The van der Waals surface area contributed by atoms with Crippen molar-refractivity contribution < 1.29 is 9.90 Å². The summed E-state index contributed by atoms with van der Waals surface area (Å²) in [5.41, 5.74) is 1.19. The molecule has 90 valence electrons. The van der Waals surface area contributed by atoms with Crippen molar-refractivity contribution in [1.82, 2.24) is 24.6 Å². The third-order valence-electron chi connectivity index (χ3n) is 2.64. The first-order chi connectivity index (χ1) is 8.75. The number of hydrogen-bond donors (Lipinski definition) is 2. The monoisotopic (exact) mass is 243 g/mol. The van der Waals surface area contributed by atoms with Crippen LogP contribution in [0, 0.1) is 0 Å². The predicted octanol–water partition coefficient (Wildman–Crippen LogP) is 0.669. The van der Waals surface area contributed by atoms with Gasteiger partial charge in [0.1, 0.15) is 11.7 Å². The number of carbonyl (C=O) groups is 1. The molecule has 0 radical (unpaired) electrons. The maximum Gasteiger partial charge on any atom is 0.318 e. The van der Waals surface area contributed by atoms with Gasteiger partial charge >= 0.3 is 5.97 Å². The molecular weight excluding hydrogens is 234 g/mol.